The summed E-state index contributed by atoms with van der Waals surface area (Å²) >= 11 is 6.43. The molecular formula is C16H17N3O3S2. The van der Waals surface area contributed by atoms with Crippen molar-refractivity contribution in [3.8, 4) is 0 Å². The number of amides is 3. The third-order valence-electron chi connectivity index (χ3n) is 3.19. The van der Waals surface area contributed by atoms with Crippen LogP contribution in [0.5, 0.6) is 0 Å². The number of carbonyl (C=O) groups excluding carboxylic acids is 3. The van der Waals surface area contributed by atoms with Crippen LogP contribution in [0.1, 0.15) is 24.5 Å². The van der Waals surface area contributed by atoms with E-state index in [4.69, 9.17) is 12.2 Å². The fraction of sp³-hybridized carbons (Fsp3) is 0.250. The monoisotopic (exact) mass is 363 g/mol. The zero-order valence-corrected chi connectivity index (χ0v) is 14.9. The van der Waals surface area contributed by atoms with Gasteiger partial charge in [0, 0.05) is 19.9 Å². The van der Waals surface area contributed by atoms with Crippen LogP contribution in [-0.4, -0.2) is 33.5 Å². The summed E-state index contributed by atoms with van der Waals surface area (Å²) in [7, 11) is 0. The Hall–Kier alpha value is -2.19. The van der Waals surface area contributed by atoms with Gasteiger partial charge in [-0.25, -0.2) is 0 Å². The number of thioether (sulfide) groups is 1. The average molecular weight is 363 g/mol. The fourth-order valence-corrected chi connectivity index (χ4v) is 3.25. The lowest BCUT2D eigenvalue weighted by Gasteiger charge is -2.14. The molecule has 1 saturated heterocycles. The van der Waals surface area contributed by atoms with Gasteiger partial charge in [0.05, 0.1) is 4.91 Å². The quantitative estimate of drug-likeness (QED) is 0.484. The molecular weight excluding hydrogens is 346 g/mol. The second kappa shape index (κ2) is 8.07. The first-order chi connectivity index (χ1) is 11.4. The van der Waals surface area contributed by atoms with Crippen LogP contribution in [0.4, 0.5) is 0 Å². The van der Waals surface area contributed by atoms with Crippen molar-refractivity contribution in [3.05, 3.63) is 40.3 Å². The van der Waals surface area contributed by atoms with E-state index in [1.54, 1.807) is 6.08 Å². The number of nitrogens with zero attached hydrogens (tertiary/aromatic N) is 1. The van der Waals surface area contributed by atoms with Crippen LogP contribution >= 0.6 is 24.0 Å². The van der Waals surface area contributed by atoms with Gasteiger partial charge in [-0.3, -0.25) is 30.1 Å². The molecule has 0 aromatic heterocycles. The molecule has 2 rings (SSSR count). The van der Waals surface area contributed by atoms with Gasteiger partial charge in [0.25, 0.3) is 5.91 Å². The summed E-state index contributed by atoms with van der Waals surface area (Å²) in [5.41, 5.74) is 6.51. The standard InChI is InChI=1S/C16H17N3O3S2/c1-10-3-5-12(6-4-10)9-13-15(22)19(16(23)24-13)8-7-14(21)18-17-11(2)20/h3-6,9H,7-8H2,1-2H3,(H,17,20)(H,18,21)/b13-9-. The molecule has 1 aliphatic rings. The Balaban J connectivity index is 1.97. The molecule has 0 unspecified atom stereocenters. The van der Waals surface area contributed by atoms with Gasteiger partial charge in [0.15, 0.2) is 0 Å². The molecule has 0 saturated carbocycles. The Kier molecular flexibility index (Phi) is 6.10. The lowest BCUT2D eigenvalue weighted by molar-refractivity contribution is -0.128. The topological polar surface area (TPSA) is 78.5 Å². The smallest absolute Gasteiger partial charge is 0.266 e. The van der Waals surface area contributed by atoms with E-state index in [-0.39, 0.29) is 30.7 Å². The number of hydrazine groups is 1. The number of benzene rings is 1. The molecule has 0 radical (unpaired) electrons. The van der Waals surface area contributed by atoms with Gasteiger partial charge in [0.2, 0.25) is 11.8 Å². The first-order valence-electron chi connectivity index (χ1n) is 7.24. The number of nitrogens with one attached hydrogen (secondary N) is 2. The summed E-state index contributed by atoms with van der Waals surface area (Å²) in [4.78, 5) is 36.7. The zero-order valence-electron chi connectivity index (χ0n) is 13.3. The molecule has 126 valence electrons. The largest absolute Gasteiger partial charge is 0.292 e. The van der Waals surface area contributed by atoms with Gasteiger partial charge in [-0.05, 0) is 18.6 Å². The van der Waals surface area contributed by atoms with Crippen molar-refractivity contribution in [2.45, 2.75) is 20.3 Å². The van der Waals surface area contributed by atoms with Gasteiger partial charge >= 0.3 is 0 Å². The SMILES string of the molecule is CC(=O)NNC(=O)CCN1C(=O)/C(=C/c2ccc(C)cc2)SC1=S. The van der Waals surface area contributed by atoms with E-state index in [2.05, 4.69) is 10.9 Å². The van der Waals surface area contributed by atoms with Gasteiger partial charge < -0.3 is 0 Å². The number of aryl methyl sites for hydroxylation is 1. The number of carbonyl (C=O) groups is 3. The maximum atomic E-state index is 12.4. The number of hydrogen-bond donors (Lipinski definition) is 2. The third-order valence-corrected chi connectivity index (χ3v) is 4.57. The highest BCUT2D eigenvalue weighted by Crippen LogP contribution is 2.32. The first kappa shape index (κ1) is 18.2. The predicted octanol–water partition coefficient (Wildman–Crippen LogP) is 1.75. The van der Waals surface area contributed by atoms with Crippen LogP contribution in [0.15, 0.2) is 29.2 Å². The highest BCUT2D eigenvalue weighted by atomic mass is 32.2. The minimum atomic E-state index is -0.387. The number of rotatable bonds is 4. The highest BCUT2D eigenvalue weighted by molar-refractivity contribution is 8.26. The van der Waals surface area contributed by atoms with E-state index in [0.717, 1.165) is 11.1 Å². The molecule has 2 N–H and O–H groups in total. The first-order valence-corrected chi connectivity index (χ1v) is 8.47. The van der Waals surface area contributed by atoms with Gasteiger partial charge in [-0.2, -0.15) is 0 Å². The van der Waals surface area contributed by atoms with Crippen molar-refractivity contribution in [2.75, 3.05) is 6.54 Å². The summed E-state index contributed by atoms with van der Waals surface area (Å²) in [5, 5.41) is 0. The predicted molar refractivity (Wildman–Crippen MR) is 97.6 cm³/mol. The second-order valence-corrected chi connectivity index (χ2v) is 6.90. The van der Waals surface area contributed by atoms with E-state index in [9.17, 15) is 14.4 Å². The van der Waals surface area contributed by atoms with Gasteiger partial charge in [-0.1, -0.05) is 53.8 Å². The van der Waals surface area contributed by atoms with Crippen molar-refractivity contribution < 1.29 is 14.4 Å². The summed E-state index contributed by atoms with van der Waals surface area (Å²) in [6.07, 6.45) is 1.83. The summed E-state index contributed by atoms with van der Waals surface area (Å²) in [6.45, 7) is 3.45. The summed E-state index contributed by atoms with van der Waals surface area (Å²) < 4.78 is 0.422. The Morgan fingerprint density at radius 2 is 1.92 bits per heavy atom. The zero-order chi connectivity index (χ0) is 17.7. The highest BCUT2D eigenvalue weighted by Gasteiger charge is 2.32. The average Bonchev–Trinajstić information content (AvgIpc) is 2.79. The lowest BCUT2D eigenvalue weighted by Crippen LogP contribution is -2.42. The van der Waals surface area contributed by atoms with Crippen molar-refractivity contribution in [1.29, 1.82) is 0 Å². The van der Waals surface area contributed by atoms with E-state index in [0.29, 0.717) is 9.23 Å². The molecule has 0 aliphatic carbocycles. The Bertz CT molecular complexity index is 714. The second-order valence-electron chi connectivity index (χ2n) is 5.22. The number of thiocarbonyl (C=S) groups is 1. The lowest BCUT2D eigenvalue weighted by atomic mass is 10.1. The minimum Gasteiger partial charge on any atom is -0.292 e. The van der Waals surface area contributed by atoms with Crippen molar-refractivity contribution in [1.82, 2.24) is 15.8 Å². The van der Waals surface area contributed by atoms with Crippen LogP contribution < -0.4 is 10.9 Å². The van der Waals surface area contributed by atoms with Crippen LogP contribution in [-0.2, 0) is 14.4 Å². The van der Waals surface area contributed by atoms with Crippen LogP contribution in [0.3, 0.4) is 0 Å². The number of hydrogen-bond acceptors (Lipinski definition) is 5. The van der Waals surface area contributed by atoms with Crippen LogP contribution in [0, 0.1) is 6.92 Å². The molecule has 8 heteroatoms. The fourth-order valence-electron chi connectivity index (χ4n) is 1.94. The molecule has 1 heterocycles. The maximum absolute atomic E-state index is 12.4. The Labute approximate surface area is 149 Å². The van der Waals surface area contributed by atoms with E-state index in [1.165, 1.54) is 23.6 Å². The molecule has 0 atom stereocenters. The molecule has 0 bridgehead atoms. The minimum absolute atomic E-state index is 0.0462. The van der Waals surface area contributed by atoms with Crippen molar-refractivity contribution >= 4 is 52.1 Å². The van der Waals surface area contributed by atoms with Crippen LogP contribution in [0.2, 0.25) is 0 Å². The molecule has 1 aromatic carbocycles. The van der Waals surface area contributed by atoms with Crippen molar-refractivity contribution in [2.24, 2.45) is 0 Å². The molecule has 3 amide bonds. The molecule has 0 spiro atoms. The molecule has 6 nitrogen and oxygen atoms in total. The summed E-state index contributed by atoms with van der Waals surface area (Å²) in [6, 6.07) is 7.81. The molecule has 1 fully saturated rings. The van der Waals surface area contributed by atoms with Gasteiger partial charge in [-0.15, -0.1) is 0 Å². The van der Waals surface area contributed by atoms with Crippen LogP contribution in [0.25, 0.3) is 6.08 Å². The van der Waals surface area contributed by atoms with E-state index in [1.807, 2.05) is 31.2 Å². The molecule has 1 aliphatic heterocycles. The van der Waals surface area contributed by atoms with Gasteiger partial charge in [0.1, 0.15) is 4.32 Å². The van der Waals surface area contributed by atoms with E-state index >= 15 is 0 Å². The Morgan fingerprint density at radius 1 is 1.25 bits per heavy atom. The summed E-state index contributed by atoms with van der Waals surface area (Å²) in [5.74, 6) is -0.963. The van der Waals surface area contributed by atoms with E-state index < -0.39 is 0 Å². The van der Waals surface area contributed by atoms with Crippen molar-refractivity contribution in [3.63, 3.8) is 0 Å². The molecule has 1 aromatic rings. The third kappa shape index (κ3) is 4.90. The maximum Gasteiger partial charge on any atom is 0.266 e. The normalized spacial score (nSPS) is 15.8. The Morgan fingerprint density at radius 3 is 2.54 bits per heavy atom. The molecule has 24 heavy (non-hydrogen) atoms.